The first-order chi connectivity index (χ1) is 14.0. The molecule has 29 heavy (non-hydrogen) atoms. The fourth-order valence-corrected chi connectivity index (χ4v) is 4.35. The highest BCUT2D eigenvalue weighted by Gasteiger charge is 2.30. The molecule has 3 aromatic heterocycles. The number of carbonyl (C=O) groups excluding carboxylic acids is 3. The number of furan rings is 1. The van der Waals surface area contributed by atoms with Crippen LogP contribution in [-0.2, 0) is 4.79 Å². The molecule has 0 aliphatic heterocycles. The number of amides is 1. The zero-order chi connectivity index (χ0) is 20.4. The number of anilines is 1. The maximum absolute atomic E-state index is 13.1. The average Bonchev–Trinajstić information content (AvgIpc) is 3.38. The van der Waals surface area contributed by atoms with Crippen molar-refractivity contribution in [1.82, 2.24) is 9.97 Å². The Kier molecular flexibility index (Phi) is 5.35. The van der Waals surface area contributed by atoms with Gasteiger partial charge in [-0.05, 0) is 44.0 Å². The number of carbonyl (C=O) groups is 3. The highest BCUT2D eigenvalue weighted by Crippen LogP contribution is 2.36. The number of Topliss-reactive ketones (excluding diaryl/α,β-unsaturated/α-hetero) is 2. The van der Waals surface area contributed by atoms with Crippen LogP contribution in [0.4, 0.5) is 5.13 Å². The third kappa shape index (κ3) is 4.17. The predicted octanol–water partition coefficient (Wildman–Crippen LogP) is 4.30. The molecule has 0 unspecified atom stereocenters. The Balaban J connectivity index is 1.62. The number of rotatable bonds is 5. The van der Waals surface area contributed by atoms with E-state index in [2.05, 4.69) is 15.3 Å². The Bertz CT molecular complexity index is 1060. The number of hydrogen-bond donors (Lipinski definition) is 1. The van der Waals surface area contributed by atoms with Crippen molar-refractivity contribution >= 4 is 33.9 Å². The van der Waals surface area contributed by atoms with Gasteiger partial charge in [-0.1, -0.05) is 11.3 Å². The fourth-order valence-electron chi connectivity index (χ4n) is 3.36. The SMILES string of the molecule is Cc1cc(C(=O)Nc2nc(-c3ccco3)c(C(=O)C3CCC(=O)CC3)s2)ccn1. The first kappa shape index (κ1) is 19.2. The van der Waals surface area contributed by atoms with Crippen LogP contribution in [0, 0.1) is 12.8 Å². The highest BCUT2D eigenvalue weighted by atomic mass is 32.1. The zero-order valence-electron chi connectivity index (χ0n) is 15.8. The van der Waals surface area contributed by atoms with Crippen LogP contribution < -0.4 is 5.32 Å². The van der Waals surface area contributed by atoms with Crippen LogP contribution in [0.5, 0.6) is 0 Å². The molecule has 0 saturated heterocycles. The largest absolute Gasteiger partial charge is 0.463 e. The van der Waals surface area contributed by atoms with E-state index in [-0.39, 0.29) is 23.4 Å². The van der Waals surface area contributed by atoms with Gasteiger partial charge in [-0.2, -0.15) is 0 Å². The summed E-state index contributed by atoms with van der Waals surface area (Å²) < 4.78 is 5.45. The van der Waals surface area contributed by atoms with Gasteiger partial charge in [0.25, 0.3) is 5.91 Å². The number of pyridine rings is 1. The lowest BCUT2D eigenvalue weighted by atomic mass is 9.85. The summed E-state index contributed by atoms with van der Waals surface area (Å²) in [4.78, 5) is 46.2. The molecule has 0 radical (unpaired) electrons. The van der Waals surface area contributed by atoms with Crippen LogP contribution >= 0.6 is 11.3 Å². The molecule has 1 aliphatic rings. The number of nitrogens with one attached hydrogen (secondary N) is 1. The summed E-state index contributed by atoms with van der Waals surface area (Å²) in [6.07, 6.45) is 5.03. The second-order valence-electron chi connectivity index (χ2n) is 6.99. The lowest BCUT2D eigenvalue weighted by Crippen LogP contribution is -2.21. The summed E-state index contributed by atoms with van der Waals surface area (Å²) in [6.45, 7) is 1.81. The first-order valence-electron chi connectivity index (χ1n) is 9.36. The van der Waals surface area contributed by atoms with Gasteiger partial charge in [-0.15, -0.1) is 0 Å². The molecule has 0 spiro atoms. The minimum atomic E-state index is -0.322. The van der Waals surface area contributed by atoms with E-state index in [0.717, 1.165) is 17.0 Å². The Labute approximate surface area is 171 Å². The van der Waals surface area contributed by atoms with E-state index < -0.39 is 0 Å². The smallest absolute Gasteiger partial charge is 0.257 e. The van der Waals surface area contributed by atoms with Gasteiger partial charge in [0.2, 0.25) is 0 Å². The molecular formula is C21H19N3O4S. The van der Waals surface area contributed by atoms with Crippen molar-refractivity contribution in [3.8, 4) is 11.5 Å². The second-order valence-corrected chi connectivity index (χ2v) is 7.99. The van der Waals surface area contributed by atoms with Crippen LogP contribution in [0.25, 0.3) is 11.5 Å². The van der Waals surface area contributed by atoms with Crippen molar-refractivity contribution < 1.29 is 18.8 Å². The topological polar surface area (TPSA) is 102 Å². The van der Waals surface area contributed by atoms with Crippen molar-refractivity contribution in [3.63, 3.8) is 0 Å². The molecule has 8 heteroatoms. The normalized spacial score (nSPS) is 14.7. The molecule has 3 heterocycles. The van der Waals surface area contributed by atoms with Crippen LogP contribution in [-0.4, -0.2) is 27.4 Å². The highest BCUT2D eigenvalue weighted by molar-refractivity contribution is 7.18. The number of hydrogen-bond acceptors (Lipinski definition) is 7. The van der Waals surface area contributed by atoms with Gasteiger partial charge < -0.3 is 4.42 Å². The van der Waals surface area contributed by atoms with Gasteiger partial charge in [0.1, 0.15) is 16.4 Å². The minimum Gasteiger partial charge on any atom is -0.463 e. The summed E-state index contributed by atoms with van der Waals surface area (Å²) in [7, 11) is 0. The predicted molar refractivity (Wildman–Crippen MR) is 108 cm³/mol. The van der Waals surface area contributed by atoms with Crippen LogP contribution in [0.2, 0.25) is 0 Å². The lowest BCUT2D eigenvalue weighted by Gasteiger charge is -2.19. The molecule has 0 bridgehead atoms. The number of ketones is 2. The van der Waals surface area contributed by atoms with Gasteiger partial charge in [0, 0.05) is 36.2 Å². The molecule has 3 aromatic rings. The van der Waals surface area contributed by atoms with Crippen LogP contribution in [0.3, 0.4) is 0 Å². The quantitative estimate of drug-likeness (QED) is 0.630. The van der Waals surface area contributed by atoms with Crippen LogP contribution in [0.15, 0.2) is 41.1 Å². The van der Waals surface area contributed by atoms with E-state index >= 15 is 0 Å². The molecule has 0 aromatic carbocycles. The van der Waals surface area contributed by atoms with Crippen molar-refractivity contribution in [2.75, 3.05) is 5.32 Å². The van der Waals surface area contributed by atoms with Crippen molar-refractivity contribution in [2.45, 2.75) is 32.6 Å². The number of aromatic nitrogens is 2. The van der Waals surface area contributed by atoms with Gasteiger partial charge in [0.15, 0.2) is 16.7 Å². The Morgan fingerprint density at radius 2 is 2.03 bits per heavy atom. The van der Waals surface area contributed by atoms with Crippen molar-refractivity contribution in [1.29, 1.82) is 0 Å². The van der Waals surface area contributed by atoms with E-state index in [0.29, 0.717) is 52.7 Å². The van der Waals surface area contributed by atoms with E-state index in [9.17, 15) is 14.4 Å². The van der Waals surface area contributed by atoms with Crippen molar-refractivity contribution in [2.24, 2.45) is 5.92 Å². The zero-order valence-corrected chi connectivity index (χ0v) is 16.6. The number of aryl methyl sites for hydroxylation is 1. The third-order valence-corrected chi connectivity index (χ3v) is 5.88. The monoisotopic (exact) mass is 409 g/mol. The van der Waals surface area contributed by atoms with Gasteiger partial charge in [-0.25, -0.2) is 4.98 Å². The second kappa shape index (κ2) is 8.08. The molecule has 4 rings (SSSR count). The summed E-state index contributed by atoms with van der Waals surface area (Å²) in [5.74, 6) is 0.0781. The Hall–Kier alpha value is -3.13. The molecule has 7 nitrogen and oxygen atoms in total. The van der Waals surface area contributed by atoms with Crippen molar-refractivity contribution in [3.05, 3.63) is 52.9 Å². The first-order valence-corrected chi connectivity index (χ1v) is 10.2. The van der Waals surface area contributed by atoms with Gasteiger partial charge >= 0.3 is 0 Å². The van der Waals surface area contributed by atoms with Gasteiger partial charge in [0.05, 0.1) is 6.26 Å². The van der Waals surface area contributed by atoms with E-state index in [4.69, 9.17) is 4.42 Å². The number of thiazole rings is 1. The molecule has 1 amide bonds. The third-order valence-electron chi connectivity index (χ3n) is 4.90. The standard InChI is InChI=1S/C21H19N3O4S/c1-12-11-14(8-9-22-12)20(27)24-21-23-17(16-3-2-10-28-16)19(29-21)18(26)13-4-6-15(25)7-5-13/h2-3,8-11,13H,4-7H2,1H3,(H,23,24,27). The lowest BCUT2D eigenvalue weighted by molar-refractivity contribution is -0.120. The number of nitrogens with zero attached hydrogens (tertiary/aromatic N) is 2. The maximum atomic E-state index is 13.1. The Morgan fingerprint density at radius 1 is 1.24 bits per heavy atom. The van der Waals surface area contributed by atoms with E-state index in [1.165, 1.54) is 6.26 Å². The molecule has 1 N–H and O–H groups in total. The summed E-state index contributed by atoms with van der Waals surface area (Å²) in [6, 6.07) is 6.75. The molecule has 148 valence electrons. The van der Waals surface area contributed by atoms with Crippen LogP contribution in [0.1, 0.15) is 51.4 Å². The maximum Gasteiger partial charge on any atom is 0.257 e. The molecule has 1 saturated carbocycles. The van der Waals surface area contributed by atoms with E-state index in [1.54, 1.807) is 37.4 Å². The fraction of sp³-hybridized carbons (Fsp3) is 0.286. The average molecular weight is 409 g/mol. The minimum absolute atomic E-state index is 0.0540. The summed E-state index contributed by atoms with van der Waals surface area (Å²) >= 11 is 1.13. The molecule has 0 atom stereocenters. The Morgan fingerprint density at radius 3 is 2.72 bits per heavy atom. The summed E-state index contributed by atoms with van der Waals surface area (Å²) in [5.41, 5.74) is 1.62. The summed E-state index contributed by atoms with van der Waals surface area (Å²) in [5, 5.41) is 3.09. The molecule has 1 aliphatic carbocycles. The van der Waals surface area contributed by atoms with E-state index in [1.807, 2.05) is 0 Å². The molecular weight excluding hydrogens is 390 g/mol. The molecule has 1 fully saturated rings. The van der Waals surface area contributed by atoms with Gasteiger partial charge in [-0.3, -0.25) is 24.7 Å².